The van der Waals surface area contributed by atoms with Gasteiger partial charge in [0.2, 0.25) is 0 Å². The van der Waals surface area contributed by atoms with Gasteiger partial charge in [0.05, 0.1) is 7.11 Å². The number of methoxy groups -OCH3 is 1. The van der Waals surface area contributed by atoms with Crippen LogP contribution in [0.1, 0.15) is 18.1 Å². The molecule has 0 fully saturated rings. The van der Waals surface area contributed by atoms with Crippen molar-refractivity contribution in [1.29, 1.82) is 0 Å². The molecular formula is C18H21NO3. The Morgan fingerprint density at radius 2 is 1.77 bits per heavy atom. The topological polar surface area (TPSA) is 47.6 Å². The Hall–Kier alpha value is -2.49. The normalized spacial score (nSPS) is 11.6. The van der Waals surface area contributed by atoms with Crippen molar-refractivity contribution in [3.05, 3.63) is 53.6 Å². The standard InChI is InChI=1S/C18H21NO3/c1-12-6-5-7-17(13(12)2)22-14(3)18(20)19-15-8-10-16(21-4)11-9-15/h5-11,14H,1-4H3,(H,19,20)/t14-/m0/s1. The summed E-state index contributed by atoms with van der Waals surface area (Å²) in [5.74, 6) is 1.29. The summed E-state index contributed by atoms with van der Waals surface area (Å²) in [4.78, 5) is 12.2. The fraction of sp³-hybridized carbons (Fsp3) is 0.278. The molecule has 0 aliphatic heterocycles. The van der Waals surface area contributed by atoms with Gasteiger partial charge in [-0.3, -0.25) is 4.79 Å². The molecule has 0 unspecified atom stereocenters. The van der Waals surface area contributed by atoms with Crippen molar-refractivity contribution in [3.63, 3.8) is 0 Å². The molecule has 0 radical (unpaired) electrons. The number of ether oxygens (including phenoxy) is 2. The van der Waals surface area contributed by atoms with E-state index in [0.717, 1.165) is 22.6 Å². The molecule has 0 spiro atoms. The first-order valence-corrected chi connectivity index (χ1v) is 7.19. The second kappa shape index (κ2) is 6.98. The van der Waals surface area contributed by atoms with Crippen molar-refractivity contribution in [2.75, 3.05) is 12.4 Å². The summed E-state index contributed by atoms with van der Waals surface area (Å²) in [6.07, 6.45) is -0.581. The number of carbonyl (C=O) groups is 1. The number of nitrogens with one attached hydrogen (secondary N) is 1. The van der Waals surface area contributed by atoms with E-state index in [-0.39, 0.29) is 5.91 Å². The van der Waals surface area contributed by atoms with Crippen LogP contribution in [0, 0.1) is 13.8 Å². The van der Waals surface area contributed by atoms with Crippen LogP contribution in [0.3, 0.4) is 0 Å². The predicted molar refractivity (Wildman–Crippen MR) is 87.6 cm³/mol. The van der Waals surface area contributed by atoms with E-state index >= 15 is 0 Å². The summed E-state index contributed by atoms with van der Waals surface area (Å²) < 4.78 is 10.9. The zero-order chi connectivity index (χ0) is 16.1. The van der Waals surface area contributed by atoms with E-state index in [0.29, 0.717) is 5.69 Å². The average molecular weight is 299 g/mol. The van der Waals surface area contributed by atoms with Gasteiger partial charge in [-0.1, -0.05) is 12.1 Å². The van der Waals surface area contributed by atoms with Crippen molar-refractivity contribution in [3.8, 4) is 11.5 Å². The van der Waals surface area contributed by atoms with Crippen LogP contribution in [-0.4, -0.2) is 19.1 Å². The third-order valence-corrected chi connectivity index (χ3v) is 3.59. The lowest BCUT2D eigenvalue weighted by Gasteiger charge is -2.17. The van der Waals surface area contributed by atoms with E-state index in [9.17, 15) is 4.79 Å². The highest BCUT2D eigenvalue weighted by atomic mass is 16.5. The van der Waals surface area contributed by atoms with Gasteiger partial charge in [0, 0.05) is 5.69 Å². The lowest BCUT2D eigenvalue weighted by atomic mass is 10.1. The van der Waals surface area contributed by atoms with Gasteiger partial charge < -0.3 is 14.8 Å². The Kier molecular flexibility index (Phi) is 5.04. The highest BCUT2D eigenvalue weighted by Gasteiger charge is 2.16. The maximum Gasteiger partial charge on any atom is 0.265 e. The molecule has 116 valence electrons. The quantitative estimate of drug-likeness (QED) is 0.915. The number of hydrogen-bond acceptors (Lipinski definition) is 3. The molecule has 0 saturated heterocycles. The number of amides is 1. The molecule has 4 heteroatoms. The van der Waals surface area contributed by atoms with Crippen LogP contribution in [0.15, 0.2) is 42.5 Å². The summed E-state index contributed by atoms with van der Waals surface area (Å²) in [6, 6.07) is 13.0. The third kappa shape index (κ3) is 3.79. The van der Waals surface area contributed by atoms with E-state index < -0.39 is 6.10 Å². The van der Waals surface area contributed by atoms with Crippen molar-refractivity contribution in [2.45, 2.75) is 26.9 Å². The Morgan fingerprint density at radius 1 is 1.09 bits per heavy atom. The maximum absolute atomic E-state index is 12.2. The molecule has 1 amide bonds. The number of hydrogen-bond donors (Lipinski definition) is 1. The Balaban J connectivity index is 2.01. The van der Waals surface area contributed by atoms with Crippen molar-refractivity contribution in [1.82, 2.24) is 0 Å². The number of benzene rings is 2. The van der Waals surface area contributed by atoms with Gasteiger partial charge in [-0.25, -0.2) is 0 Å². The third-order valence-electron chi connectivity index (χ3n) is 3.59. The average Bonchev–Trinajstić information content (AvgIpc) is 2.52. The molecule has 0 bridgehead atoms. The van der Waals surface area contributed by atoms with Gasteiger partial charge in [-0.15, -0.1) is 0 Å². The monoisotopic (exact) mass is 299 g/mol. The SMILES string of the molecule is COc1ccc(NC(=O)[C@H](C)Oc2cccc(C)c2C)cc1. The van der Waals surface area contributed by atoms with Crippen molar-refractivity contribution in [2.24, 2.45) is 0 Å². The fourth-order valence-corrected chi connectivity index (χ4v) is 2.01. The van der Waals surface area contributed by atoms with Crippen molar-refractivity contribution >= 4 is 11.6 Å². The highest BCUT2D eigenvalue weighted by Crippen LogP contribution is 2.22. The number of rotatable bonds is 5. The molecule has 0 aliphatic carbocycles. The second-order valence-corrected chi connectivity index (χ2v) is 5.18. The van der Waals surface area contributed by atoms with Crippen molar-refractivity contribution < 1.29 is 14.3 Å². The number of carbonyl (C=O) groups excluding carboxylic acids is 1. The van der Waals surface area contributed by atoms with Gasteiger partial charge in [0.1, 0.15) is 11.5 Å². The van der Waals surface area contributed by atoms with Crippen LogP contribution in [0.25, 0.3) is 0 Å². The molecule has 22 heavy (non-hydrogen) atoms. The van der Waals surface area contributed by atoms with E-state index in [1.165, 1.54) is 0 Å². The minimum absolute atomic E-state index is 0.189. The summed E-state index contributed by atoms with van der Waals surface area (Å²) in [7, 11) is 1.60. The number of anilines is 1. The number of aryl methyl sites for hydroxylation is 1. The summed E-state index contributed by atoms with van der Waals surface area (Å²) in [5, 5.41) is 2.83. The summed E-state index contributed by atoms with van der Waals surface area (Å²) >= 11 is 0. The highest BCUT2D eigenvalue weighted by molar-refractivity contribution is 5.94. The van der Waals surface area contributed by atoms with Crippen LogP contribution < -0.4 is 14.8 Å². The molecule has 0 aliphatic rings. The summed E-state index contributed by atoms with van der Waals surface area (Å²) in [6.45, 7) is 5.74. The predicted octanol–water partition coefficient (Wildman–Crippen LogP) is 3.72. The molecular weight excluding hydrogens is 278 g/mol. The van der Waals surface area contributed by atoms with Gasteiger partial charge in [0.25, 0.3) is 5.91 Å². The van der Waals surface area contributed by atoms with E-state index in [2.05, 4.69) is 5.32 Å². The van der Waals surface area contributed by atoms with E-state index in [1.54, 1.807) is 38.3 Å². The Morgan fingerprint density at radius 3 is 2.41 bits per heavy atom. The first-order valence-electron chi connectivity index (χ1n) is 7.19. The molecule has 4 nitrogen and oxygen atoms in total. The summed E-state index contributed by atoms with van der Waals surface area (Å²) in [5.41, 5.74) is 2.90. The largest absolute Gasteiger partial charge is 0.497 e. The molecule has 0 heterocycles. The van der Waals surface area contributed by atoms with Crippen LogP contribution in [0.5, 0.6) is 11.5 Å². The molecule has 2 rings (SSSR count). The maximum atomic E-state index is 12.2. The fourth-order valence-electron chi connectivity index (χ4n) is 2.01. The molecule has 2 aromatic carbocycles. The van der Waals surface area contributed by atoms with Gasteiger partial charge in [-0.05, 0) is 62.2 Å². The van der Waals surface area contributed by atoms with Gasteiger partial charge in [0.15, 0.2) is 6.10 Å². The van der Waals surface area contributed by atoms with Crippen LogP contribution >= 0.6 is 0 Å². The first-order chi connectivity index (χ1) is 10.5. The smallest absolute Gasteiger partial charge is 0.265 e. The Labute approximate surface area is 131 Å². The molecule has 2 aromatic rings. The van der Waals surface area contributed by atoms with Gasteiger partial charge >= 0.3 is 0 Å². The minimum atomic E-state index is -0.581. The first kappa shape index (κ1) is 15.9. The molecule has 1 N–H and O–H groups in total. The van der Waals surface area contributed by atoms with Crippen LogP contribution in [-0.2, 0) is 4.79 Å². The lowest BCUT2D eigenvalue weighted by Crippen LogP contribution is -2.30. The van der Waals surface area contributed by atoms with Crippen LogP contribution in [0.4, 0.5) is 5.69 Å². The lowest BCUT2D eigenvalue weighted by molar-refractivity contribution is -0.122. The zero-order valence-corrected chi connectivity index (χ0v) is 13.3. The van der Waals surface area contributed by atoms with E-state index in [1.807, 2.05) is 32.0 Å². The zero-order valence-electron chi connectivity index (χ0n) is 13.3. The second-order valence-electron chi connectivity index (χ2n) is 5.18. The minimum Gasteiger partial charge on any atom is -0.497 e. The van der Waals surface area contributed by atoms with E-state index in [4.69, 9.17) is 9.47 Å². The molecule has 1 atom stereocenters. The molecule has 0 saturated carbocycles. The molecule has 0 aromatic heterocycles. The van der Waals surface area contributed by atoms with Crippen LogP contribution in [0.2, 0.25) is 0 Å². The van der Waals surface area contributed by atoms with Gasteiger partial charge in [-0.2, -0.15) is 0 Å². The Bertz CT molecular complexity index is 650.